The van der Waals surface area contributed by atoms with Gasteiger partial charge in [-0.25, -0.2) is 24.2 Å². The maximum Gasteiger partial charge on any atom is 0.408 e. The van der Waals surface area contributed by atoms with Gasteiger partial charge >= 0.3 is 24.0 Å². The predicted octanol–water partition coefficient (Wildman–Crippen LogP) is 5.66. The molecule has 5 aliphatic rings. The van der Waals surface area contributed by atoms with Gasteiger partial charge in [0.05, 0.1) is 67.1 Å². The van der Waals surface area contributed by atoms with Crippen LogP contribution in [0.3, 0.4) is 0 Å². The maximum atomic E-state index is 16.2. The molecule has 0 spiro atoms. The number of ketones is 1. The maximum absolute atomic E-state index is 16.2. The summed E-state index contributed by atoms with van der Waals surface area (Å²) in [5.74, 6) is -12.3. The normalized spacial score (nSPS) is 26.6. The summed E-state index contributed by atoms with van der Waals surface area (Å²) in [5, 5.41) is 71.5. The van der Waals surface area contributed by atoms with Crippen LogP contribution in [-0.4, -0.2) is 280 Å². The Morgan fingerprint density at radius 3 is 1.94 bits per heavy atom. The second-order valence-electron chi connectivity index (χ2n) is 37.3. The lowest BCUT2D eigenvalue weighted by Crippen LogP contribution is -2.82. The summed E-state index contributed by atoms with van der Waals surface area (Å²) in [4.78, 5) is 209. The Labute approximate surface area is 828 Å². The second-order valence-corrected chi connectivity index (χ2v) is 42.5. The number of nitrogens with two attached hydrogens (primary N) is 1. The fraction of sp³-hybridized carbons (Fsp3) is 0.525. The molecule has 2 bridgehead atoms. The number of amides is 9. The van der Waals surface area contributed by atoms with Gasteiger partial charge in [0.15, 0.2) is 11.4 Å². The summed E-state index contributed by atoms with van der Waals surface area (Å²) in [7, 11) is 7.04. The summed E-state index contributed by atoms with van der Waals surface area (Å²) < 4.78 is 44.0. The van der Waals surface area contributed by atoms with E-state index >= 15 is 28.8 Å². The minimum absolute atomic E-state index is 0.0344. The van der Waals surface area contributed by atoms with E-state index in [0.29, 0.717) is 39.6 Å². The number of aromatic nitrogens is 1. The molecule has 16 N–H and O–H groups in total. The van der Waals surface area contributed by atoms with Crippen LogP contribution in [0.15, 0.2) is 163 Å². The topological polar surface area (TPSA) is 536 Å². The first-order valence-corrected chi connectivity index (χ1v) is 51.5. The Morgan fingerprint density at radius 2 is 1.31 bits per heavy atom. The lowest BCUT2D eigenvalue weighted by Gasteiger charge is -2.67. The van der Waals surface area contributed by atoms with Gasteiger partial charge in [-0.2, -0.15) is 0 Å². The standard InChI is InChI=1S/C99H129N11O26S4/c1-55-73(49-99(127)84(133-92(124)62-35-23-16-24-36-62)82-97(10,83(116)80(129-12)77(55)96(99,8)9)74(128-11)48-75-98(82,54-130-75)134-58(4)114)132-93(125)81(79(61-33-21-15-22-34-61)110-94(126)135-95(5,6)7)136-131-42-44-138-137-43-40-76(115)102-67(45-59-29-17-13-18-30-59)86(118)107-71-52-139-140-53-72(90(122)106-70(51-111)56(2)112)108-91(123)78(57(3)113)109-85(117)66(39-27-28-41-100)103-88(120)69(47-63-50-101-65-38-26-25-37-64(63)65)105-87(119)68(104-89(71)121)46-60-31-19-14-20-32-60/h13-26,29-38,50,56-57,66-75,78-82,84,101,111-113,127H,27-28,39-49,51-54,100H2,1-12H3,(H,102,115)(H,103,120)(H,104,121)(H,105,119)(H,106,122)(H,107,118)(H,108,123)(H,109,117)(H,110,126)/t56-,57-,66+,67-,68+,69-,70-,71+,72+,73+,74+,75-,78+,79+,80-,81-,82+,84+,97-,98+,99-/m1/s1. The number of aromatic amines is 1. The van der Waals surface area contributed by atoms with Crippen LogP contribution >= 0.6 is 43.2 Å². The van der Waals surface area contributed by atoms with Crippen molar-refractivity contribution in [1.29, 1.82) is 0 Å². The molecule has 0 radical (unpaired) electrons. The average molecular weight is 2020 g/mol. The summed E-state index contributed by atoms with van der Waals surface area (Å²) in [5.41, 5.74) is 0.534. The van der Waals surface area contributed by atoms with Crippen molar-refractivity contribution in [3.63, 3.8) is 0 Å². The van der Waals surface area contributed by atoms with E-state index in [-0.39, 0.29) is 104 Å². The summed E-state index contributed by atoms with van der Waals surface area (Å²) in [6.07, 6.45) is -11.5. The molecule has 4 fully saturated rings. The number of carbonyl (C=O) groups excluding carboxylic acids is 13. The molecule has 2 aliphatic heterocycles. The van der Waals surface area contributed by atoms with Crippen molar-refractivity contribution in [2.24, 2.45) is 22.5 Å². The van der Waals surface area contributed by atoms with Crippen molar-refractivity contribution in [2.75, 3.05) is 63.6 Å². The minimum atomic E-state index is -2.39. The molecule has 37 nitrogen and oxygen atoms in total. The van der Waals surface area contributed by atoms with Gasteiger partial charge in [0.2, 0.25) is 53.4 Å². The number of methoxy groups -OCH3 is 2. The van der Waals surface area contributed by atoms with Crippen LogP contribution in [0.2, 0.25) is 0 Å². The molecule has 41 heteroatoms. The third-order valence-electron chi connectivity index (χ3n) is 26.1. The van der Waals surface area contributed by atoms with Gasteiger partial charge in [-0.15, -0.1) is 0 Å². The van der Waals surface area contributed by atoms with Crippen molar-refractivity contribution >= 4 is 131 Å². The number of esters is 3. The highest BCUT2D eigenvalue weighted by atomic mass is 33.1. The molecule has 1 aromatic heterocycles. The van der Waals surface area contributed by atoms with Gasteiger partial charge < -0.3 is 112 Å². The van der Waals surface area contributed by atoms with Crippen molar-refractivity contribution in [1.82, 2.24) is 52.8 Å². The molecule has 5 aromatic carbocycles. The van der Waals surface area contributed by atoms with Gasteiger partial charge in [0.1, 0.15) is 77.9 Å². The zero-order valence-electron chi connectivity index (χ0n) is 80.3. The Bertz CT molecular complexity index is 5340. The smallest absolute Gasteiger partial charge is 0.408 e. The number of fused-ring (bicyclic) bond motifs is 6. The monoisotopic (exact) mass is 2020 g/mol. The highest BCUT2D eigenvalue weighted by Gasteiger charge is 2.78. The molecule has 6 aromatic rings. The number of aliphatic hydroxyl groups excluding tert-OH is 3. The van der Waals surface area contributed by atoms with E-state index < -0.39 is 227 Å². The molecule has 140 heavy (non-hydrogen) atoms. The molecule has 9 amide bonds. The highest BCUT2D eigenvalue weighted by molar-refractivity contribution is 8.77. The van der Waals surface area contributed by atoms with E-state index in [9.17, 15) is 54.0 Å². The van der Waals surface area contributed by atoms with Crippen LogP contribution in [0, 0.1) is 16.7 Å². The number of carbonyl (C=O) groups is 13. The third-order valence-corrected chi connectivity index (χ3v) is 30.9. The number of ether oxygens (including phenoxy) is 7. The molecule has 11 rings (SSSR count). The van der Waals surface area contributed by atoms with Crippen LogP contribution in [0.5, 0.6) is 0 Å². The largest absolute Gasteiger partial charge is 0.456 e. The number of unbranched alkanes of at least 4 members (excludes halogenated alkanes) is 1. The number of para-hydroxylation sites is 1. The first kappa shape index (κ1) is 110. The van der Waals surface area contributed by atoms with Crippen LogP contribution < -0.4 is 53.6 Å². The lowest BCUT2D eigenvalue weighted by atomic mass is 9.44. The number of Topliss-reactive ketones (excluding diaryl/α,β-unsaturated/α-hetero) is 1. The molecule has 2 saturated carbocycles. The molecule has 3 aliphatic carbocycles. The van der Waals surface area contributed by atoms with E-state index in [4.69, 9.17) is 48.7 Å². The zero-order valence-corrected chi connectivity index (χ0v) is 83.6. The number of aliphatic hydroxyl groups is 4. The number of nitrogens with one attached hydrogen (secondary N) is 10. The Balaban J connectivity index is 0.840. The van der Waals surface area contributed by atoms with Gasteiger partial charge in [-0.3, -0.25) is 47.9 Å². The summed E-state index contributed by atoms with van der Waals surface area (Å²) in [6, 6.07) is 27.3. The fourth-order valence-electron chi connectivity index (χ4n) is 18.7. The third kappa shape index (κ3) is 27.1. The van der Waals surface area contributed by atoms with Gasteiger partial charge in [-0.05, 0) is 126 Å². The first-order valence-electron chi connectivity index (χ1n) is 46.6. The average Bonchev–Trinajstić information content (AvgIpc) is 0.694. The van der Waals surface area contributed by atoms with Crippen LogP contribution in [0.25, 0.3) is 10.9 Å². The molecule has 3 heterocycles. The van der Waals surface area contributed by atoms with Crippen LogP contribution in [0.4, 0.5) is 4.79 Å². The number of alkyl carbamates (subject to hydrolysis) is 1. The summed E-state index contributed by atoms with van der Waals surface area (Å²) in [6.45, 7) is 14.1. The van der Waals surface area contributed by atoms with E-state index in [0.717, 1.165) is 21.6 Å². The lowest BCUT2D eigenvalue weighted by molar-refractivity contribution is -0.347. The van der Waals surface area contributed by atoms with Crippen LogP contribution in [-0.2, 0) is 115 Å². The molecule has 2 saturated heterocycles. The van der Waals surface area contributed by atoms with E-state index in [1.165, 1.54) is 68.7 Å². The number of hydrogen-bond donors (Lipinski definition) is 15. The number of hydrogen-bond acceptors (Lipinski definition) is 31. The molecule has 21 atom stereocenters. The quantitative estimate of drug-likeness (QED) is 0.00425. The van der Waals surface area contributed by atoms with Crippen molar-refractivity contribution < 1.29 is 126 Å². The van der Waals surface area contributed by atoms with E-state index in [1.54, 1.807) is 176 Å². The molecular weight excluding hydrogens is 1890 g/mol. The number of rotatable bonds is 37. The number of benzene rings is 5. The summed E-state index contributed by atoms with van der Waals surface area (Å²) >= 11 is 0. The molecule has 0 unspecified atom stereocenters. The Kier molecular flexibility index (Phi) is 39.2. The second kappa shape index (κ2) is 49.9. The van der Waals surface area contributed by atoms with E-state index in [1.807, 2.05) is 12.1 Å². The van der Waals surface area contributed by atoms with E-state index in [2.05, 4.69) is 52.8 Å². The highest BCUT2D eigenvalue weighted by Crippen LogP contribution is 2.65. The Morgan fingerprint density at radius 1 is 0.700 bits per heavy atom. The minimum Gasteiger partial charge on any atom is -0.456 e. The van der Waals surface area contributed by atoms with Crippen LogP contribution in [0.1, 0.15) is 146 Å². The van der Waals surface area contributed by atoms with Gasteiger partial charge in [-0.1, -0.05) is 184 Å². The SMILES string of the molecule is CO[C@H]1C(=O)[C@]2(C)[C@@H](OC)C[C@H]3OC[C@@]3(OC(C)=O)[C@H]2[C@H](OC(=O)c2ccccc2)[C@]2(O)C[C@H](OC(=O)[C@H](OOCCSSCCC(=O)N[C@H](Cc3ccccc3)C(=O)N[C@H]3CSSC[C@@H](C(=O)N[C@H](CO)[C@@H](C)O)NC(=O)[C@H]([C@@H](C)O)NC(=O)[C@H](CCCCN)NC(=O)[C@@H](Cc4c[nH]c5ccccc45)NC(=O)[C@H](Cc4ccccc4)NC3=O)[C@@H](NC(=O)OC(C)(C)C)c3ccccc3)C(C)=C1C2(C)C. The first-order chi connectivity index (χ1) is 66.7. The van der Waals surface area contributed by atoms with Gasteiger partial charge in [0.25, 0.3) is 0 Å². The Hall–Kier alpha value is -10.5. The van der Waals surface area contributed by atoms with Crippen molar-refractivity contribution in [3.05, 3.63) is 191 Å². The van der Waals surface area contributed by atoms with Crippen molar-refractivity contribution in [2.45, 2.75) is 247 Å². The van der Waals surface area contributed by atoms with Crippen molar-refractivity contribution in [3.8, 4) is 0 Å². The predicted molar refractivity (Wildman–Crippen MR) is 524 cm³/mol. The molecular formula is C99H129N11O26S4. The molecule has 760 valence electrons. The number of H-pyrrole nitrogens is 1. The fourth-order valence-corrected chi connectivity index (χ4v) is 22.8. The zero-order chi connectivity index (χ0) is 102. The van der Waals surface area contributed by atoms with Gasteiger partial charge in [0, 0.05) is 105 Å².